The molecule has 156 valence electrons. The van der Waals surface area contributed by atoms with Crippen LogP contribution in [0.2, 0.25) is 0 Å². The van der Waals surface area contributed by atoms with E-state index >= 15 is 0 Å². The number of aromatic amines is 1. The molecule has 0 radical (unpaired) electrons. The SMILES string of the molecule is C/C(=C1/C(=O)Nc2ccc(-c3cnc4c(c3C)N(C(=O)O)CCO4)cc21)c1ccc[nH]1. The number of ether oxygens (including phenoxy) is 1. The molecule has 2 amide bonds. The fraction of sp³-hybridized carbons (Fsp3) is 0.174. The summed E-state index contributed by atoms with van der Waals surface area (Å²) in [5, 5.41) is 12.5. The number of H-pyrrole nitrogens is 1. The van der Waals surface area contributed by atoms with Crippen LogP contribution in [0.4, 0.5) is 16.2 Å². The van der Waals surface area contributed by atoms with Crippen LogP contribution in [0.25, 0.3) is 22.3 Å². The Labute approximate surface area is 178 Å². The summed E-state index contributed by atoms with van der Waals surface area (Å²) in [7, 11) is 0. The molecule has 2 aromatic heterocycles. The maximum Gasteiger partial charge on any atom is 0.412 e. The summed E-state index contributed by atoms with van der Waals surface area (Å²) in [5.41, 5.74) is 6.74. The van der Waals surface area contributed by atoms with E-state index in [4.69, 9.17) is 4.74 Å². The Bertz CT molecular complexity index is 1260. The average molecular weight is 416 g/mol. The number of nitrogens with zero attached hydrogens (tertiary/aromatic N) is 2. The molecule has 2 aliphatic heterocycles. The van der Waals surface area contributed by atoms with Gasteiger partial charge in [-0.05, 0) is 54.8 Å². The van der Waals surface area contributed by atoms with Crippen molar-refractivity contribution in [2.24, 2.45) is 0 Å². The number of carbonyl (C=O) groups is 2. The predicted octanol–water partition coefficient (Wildman–Crippen LogP) is 4.14. The van der Waals surface area contributed by atoms with Crippen molar-refractivity contribution >= 4 is 34.5 Å². The fourth-order valence-electron chi connectivity index (χ4n) is 4.23. The summed E-state index contributed by atoms with van der Waals surface area (Å²) in [6, 6.07) is 9.52. The monoisotopic (exact) mass is 416 g/mol. The zero-order valence-corrected chi connectivity index (χ0v) is 17.0. The van der Waals surface area contributed by atoms with E-state index in [1.165, 1.54) is 4.90 Å². The molecule has 0 saturated heterocycles. The second-order valence-electron chi connectivity index (χ2n) is 7.53. The van der Waals surface area contributed by atoms with Crippen molar-refractivity contribution in [1.82, 2.24) is 9.97 Å². The summed E-state index contributed by atoms with van der Waals surface area (Å²) >= 11 is 0. The number of aromatic nitrogens is 2. The molecule has 0 spiro atoms. The number of amides is 2. The van der Waals surface area contributed by atoms with Gasteiger partial charge in [0.05, 0.1) is 12.1 Å². The van der Waals surface area contributed by atoms with Crippen LogP contribution < -0.4 is 15.0 Å². The van der Waals surface area contributed by atoms with Crippen molar-refractivity contribution in [3.8, 4) is 17.0 Å². The molecule has 31 heavy (non-hydrogen) atoms. The van der Waals surface area contributed by atoms with Gasteiger partial charge in [-0.25, -0.2) is 9.78 Å². The summed E-state index contributed by atoms with van der Waals surface area (Å²) in [6.07, 6.45) is 2.47. The number of fused-ring (bicyclic) bond motifs is 2. The minimum Gasteiger partial charge on any atom is -0.474 e. The summed E-state index contributed by atoms with van der Waals surface area (Å²) in [6.45, 7) is 4.29. The lowest BCUT2D eigenvalue weighted by Crippen LogP contribution is -2.37. The Morgan fingerprint density at radius 3 is 2.84 bits per heavy atom. The van der Waals surface area contributed by atoms with Crippen LogP contribution in [0.1, 0.15) is 23.7 Å². The third-order valence-corrected chi connectivity index (χ3v) is 5.78. The van der Waals surface area contributed by atoms with E-state index < -0.39 is 6.09 Å². The minimum atomic E-state index is -1.04. The maximum absolute atomic E-state index is 12.7. The van der Waals surface area contributed by atoms with Crippen molar-refractivity contribution in [2.45, 2.75) is 13.8 Å². The highest BCUT2D eigenvalue weighted by atomic mass is 16.5. The lowest BCUT2D eigenvalue weighted by atomic mass is 9.94. The first-order valence-electron chi connectivity index (χ1n) is 9.89. The Balaban J connectivity index is 1.65. The van der Waals surface area contributed by atoms with Crippen molar-refractivity contribution in [3.05, 3.63) is 59.5 Å². The zero-order chi connectivity index (χ0) is 21.7. The van der Waals surface area contributed by atoms with Crippen molar-refractivity contribution < 1.29 is 19.4 Å². The summed E-state index contributed by atoms with van der Waals surface area (Å²) < 4.78 is 5.57. The minimum absolute atomic E-state index is 0.148. The van der Waals surface area contributed by atoms with Crippen LogP contribution in [0, 0.1) is 6.92 Å². The molecule has 0 bridgehead atoms. The molecule has 1 aromatic carbocycles. The molecule has 3 N–H and O–H groups in total. The van der Waals surface area contributed by atoms with Gasteiger partial charge in [-0.1, -0.05) is 6.07 Å². The van der Waals surface area contributed by atoms with Gasteiger partial charge in [-0.15, -0.1) is 0 Å². The Morgan fingerprint density at radius 1 is 1.26 bits per heavy atom. The lowest BCUT2D eigenvalue weighted by molar-refractivity contribution is -0.110. The quantitative estimate of drug-likeness (QED) is 0.544. The third-order valence-electron chi connectivity index (χ3n) is 5.78. The second kappa shape index (κ2) is 7.02. The van der Waals surface area contributed by atoms with E-state index in [-0.39, 0.29) is 19.1 Å². The van der Waals surface area contributed by atoms with E-state index in [2.05, 4.69) is 15.3 Å². The average Bonchev–Trinajstić information content (AvgIpc) is 3.40. The number of rotatable bonds is 2. The van der Waals surface area contributed by atoms with Crippen LogP contribution in [-0.4, -0.2) is 40.2 Å². The lowest BCUT2D eigenvalue weighted by Gasteiger charge is -2.28. The van der Waals surface area contributed by atoms with Gasteiger partial charge in [0, 0.05) is 34.9 Å². The molecule has 4 heterocycles. The third kappa shape index (κ3) is 2.95. The highest BCUT2D eigenvalue weighted by molar-refractivity contribution is 6.36. The van der Waals surface area contributed by atoms with E-state index in [0.717, 1.165) is 39.2 Å². The number of carbonyl (C=O) groups excluding carboxylic acids is 1. The molecular formula is C23H20N4O4. The van der Waals surface area contributed by atoms with Crippen LogP contribution in [0.15, 0.2) is 42.7 Å². The molecule has 5 rings (SSSR count). The number of pyridine rings is 1. The van der Waals surface area contributed by atoms with Crippen LogP contribution in [0.5, 0.6) is 5.88 Å². The zero-order valence-electron chi connectivity index (χ0n) is 17.0. The number of anilines is 2. The number of nitrogens with one attached hydrogen (secondary N) is 2. The van der Waals surface area contributed by atoms with Crippen molar-refractivity contribution in [3.63, 3.8) is 0 Å². The highest BCUT2D eigenvalue weighted by Gasteiger charge is 2.30. The van der Waals surface area contributed by atoms with Gasteiger partial charge < -0.3 is 20.1 Å². The van der Waals surface area contributed by atoms with Gasteiger partial charge in [0.2, 0.25) is 5.88 Å². The molecule has 0 aliphatic carbocycles. The normalized spacial score (nSPS) is 16.3. The topological polar surface area (TPSA) is 108 Å². The smallest absolute Gasteiger partial charge is 0.412 e. The number of benzene rings is 1. The maximum atomic E-state index is 12.7. The van der Waals surface area contributed by atoms with E-state index in [1.54, 1.807) is 6.20 Å². The Kier molecular flexibility index (Phi) is 4.28. The van der Waals surface area contributed by atoms with Crippen LogP contribution >= 0.6 is 0 Å². The molecule has 8 heteroatoms. The largest absolute Gasteiger partial charge is 0.474 e. The van der Waals surface area contributed by atoms with Gasteiger partial charge >= 0.3 is 6.09 Å². The number of hydrogen-bond donors (Lipinski definition) is 3. The molecule has 8 nitrogen and oxygen atoms in total. The van der Waals surface area contributed by atoms with Gasteiger partial charge in [0.1, 0.15) is 12.3 Å². The Hall–Kier alpha value is -4.07. The first-order chi connectivity index (χ1) is 15.0. The van der Waals surface area contributed by atoms with Gasteiger partial charge in [0.25, 0.3) is 5.91 Å². The van der Waals surface area contributed by atoms with E-state index in [1.807, 2.05) is 50.4 Å². The van der Waals surface area contributed by atoms with Gasteiger partial charge in [-0.2, -0.15) is 0 Å². The van der Waals surface area contributed by atoms with Crippen molar-refractivity contribution in [2.75, 3.05) is 23.4 Å². The molecule has 0 unspecified atom stereocenters. The molecule has 2 aliphatic rings. The highest BCUT2D eigenvalue weighted by Crippen LogP contribution is 2.42. The standard InChI is InChI=1S/C23H20N4O4/c1-12-16(11-25-22-20(12)27(23(29)30)8-9-31-22)14-5-6-18-15(10-14)19(21(28)26-18)13(2)17-4-3-7-24-17/h3-7,10-11,24H,8-9H2,1-2H3,(H,26,28)(H,29,30)/b19-13-. The summed E-state index contributed by atoms with van der Waals surface area (Å²) in [4.78, 5) is 33.2. The Morgan fingerprint density at radius 2 is 2.10 bits per heavy atom. The number of carboxylic acid groups (broad SMARTS) is 1. The van der Waals surface area contributed by atoms with Crippen LogP contribution in [0.3, 0.4) is 0 Å². The second-order valence-corrected chi connectivity index (χ2v) is 7.53. The van der Waals surface area contributed by atoms with E-state index in [0.29, 0.717) is 17.1 Å². The molecule has 0 atom stereocenters. The first-order valence-corrected chi connectivity index (χ1v) is 9.89. The molecular weight excluding hydrogens is 396 g/mol. The van der Waals surface area contributed by atoms with Gasteiger partial charge in [-0.3, -0.25) is 9.69 Å². The molecule has 0 saturated carbocycles. The van der Waals surface area contributed by atoms with Gasteiger partial charge in [0.15, 0.2) is 0 Å². The molecule has 0 fully saturated rings. The summed E-state index contributed by atoms with van der Waals surface area (Å²) in [5.74, 6) is 0.168. The van der Waals surface area contributed by atoms with E-state index in [9.17, 15) is 14.7 Å². The van der Waals surface area contributed by atoms with Crippen molar-refractivity contribution in [1.29, 1.82) is 0 Å². The predicted molar refractivity (Wildman–Crippen MR) is 117 cm³/mol. The number of hydrogen-bond acceptors (Lipinski definition) is 4. The molecule has 3 aromatic rings. The fourth-order valence-corrected chi connectivity index (χ4v) is 4.23. The first kappa shape index (κ1) is 18.9. The number of allylic oxidation sites excluding steroid dienone is 1. The van der Waals surface area contributed by atoms with Crippen LogP contribution in [-0.2, 0) is 4.79 Å².